The molecule has 0 aromatic heterocycles. The third-order valence-corrected chi connectivity index (χ3v) is 5.84. The van der Waals surface area contributed by atoms with Crippen LogP contribution in [-0.4, -0.2) is 66.0 Å². The quantitative estimate of drug-likeness (QED) is 0.313. The van der Waals surface area contributed by atoms with Crippen LogP contribution in [0, 0.1) is 0 Å². The Kier molecular flexibility index (Phi) is 7.13. The predicted octanol–water partition coefficient (Wildman–Crippen LogP) is 2.85. The van der Waals surface area contributed by atoms with E-state index in [1.165, 1.54) is 16.0 Å². The molecule has 0 radical (unpaired) electrons. The topological polar surface area (TPSA) is 77.0 Å². The summed E-state index contributed by atoms with van der Waals surface area (Å²) in [5.74, 6) is 0.747. The summed E-state index contributed by atoms with van der Waals surface area (Å²) in [6.07, 6.45) is 4.48. The molecule has 30 heavy (non-hydrogen) atoms. The Morgan fingerprint density at radius 1 is 1.23 bits per heavy atom. The average molecular weight is 412 g/mol. The minimum Gasteiger partial charge on any atom is -0.357 e. The third-order valence-electron chi connectivity index (χ3n) is 5.84. The highest BCUT2D eigenvalue weighted by molar-refractivity contribution is 6.06. The molecule has 0 spiro atoms. The molecular weight excluding hydrogens is 378 g/mol. The van der Waals surface area contributed by atoms with Crippen LogP contribution in [0.2, 0.25) is 0 Å². The van der Waals surface area contributed by atoms with Gasteiger partial charge in [0.1, 0.15) is 5.54 Å². The Morgan fingerprint density at radius 2 is 2.00 bits per heavy atom. The van der Waals surface area contributed by atoms with Crippen LogP contribution in [-0.2, 0) is 4.79 Å². The van der Waals surface area contributed by atoms with Crippen molar-refractivity contribution in [3.8, 4) is 0 Å². The number of amides is 3. The number of hydrogen-bond acceptors (Lipinski definition) is 3. The van der Waals surface area contributed by atoms with Crippen molar-refractivity contribution in [3.05, 3.63) is 42.0 Å². The highest BCUT2D eigenvalue weighted by Gasteiger charge is 2.45. The molecule has 1 fully saturated rings. The van der Waals surface area contributed by atoms with Gasteiger partial charge in [-0.15, -0.1) is 0 Å². The number of guanidine groups is 1. The van der Waals surface area contributed by atoms with E-state index in [2.05, 4.69) is 52.8 Å². The number of benzene rings is 1. The first-order valence-corrected chi connectivity index (χ1v) is 10.9. The number of rotatable bonds is 7. The summed E-state index contributed by atoms with van der Waals surface area (Å²) in [5, 5.41) is 6.16. The van der Waals surface area contributed by atoms with E-state index in [9.17, 15) is 9.59 Å². The second-order valence-corrected chi connectivity index (χ2v) is 7.95. The normalized spacial score (nSPS) is 22.2. The van der Waals surface area contributed by atoms with E-state index in [-0.39, 0.29) is 11.9 Å². The summed E-state index contributed by atoms with van der Waals surface area (Å²) in [7, 11) is 0. The molecule has 0 bridgehead atoms. The van der Waals surface area contributed by atoms with Gasteiger partial charge < -0.3 is 15.5 Å². The van der Waals surface area contributed by atoms with Gasteiger partial charge in [-0.05, 0) is 44.2 Å². The van der Waals surface area contributed by atoms with Gasteiger partial charge >= 0.3 is 6.03 Å². The zero-order chi connectivity index (χ0) is 21.6. The molecule has 1 unspecified atom stereocenters. The highest BCUT2D eigenvalue weighted by Crippen LogP contribution is 2.22. The Morgan fingerprint density at radius 3 is 2.60 bits per heavy atom. The summed E-state index contributed by atoms with van der Waals surface area (Å²) in [4.78, 5) is 32.9. The molecule has 2 heterocycles. The first kappa shape index (κ1) is 21.9. The second-order valence-electron chi connectivity index (χ2n) is 7.95. The molecule has 1 atom stereocenters. The fourth-order valence-electron chi connectivity index (χ4n) is 3.81. The van der Waals surface area contributed by atoms with Crippen molar-refractivity contribution >= 4 is 23.5 Å². The molecule has 2 aliphatic heterocycles. The first-order valence-electron chi connectivity index (χ1n) is 10.9. The van der Waals surface area contributed by atoms with Crippen molar-refractivity contribution in [2.45, 2.75) is 45.6 Å². The lowest BCUT2D eigenvalue weighted by atomic mass is 9.99. The molecule has 7 nitrogen and oxygen atoms in total. The SMILES string of the molecule is CCNC(=NCCCN1C(=O)NC(C)(CC)C1=O)N1CC=C(c2ccccc2)CC1. The predicted molar refractivity (Wildman–Crippen MR) is 120 cm³/mol. The Balaban J connectivity index is 1.55. The van der Waals surface area contributed by atoms with E-state index in [0.717, 1.165) is 32.0 Å². The fraction of sp³-hybridized carbons (Fsp3) is 0.522. The van der Waals surface area contributed by atoms with Crippen LogP contribution in [0.15, 0.2) is 41.4 Å². The fourth-order valence-corrected chi connectivity index (χ4v) is 3.81. The standard InChI is InChI=1S/C23H33N5O2/c1-4-23(3)20(29)28(22(30)26-23)15-9-14-25-21(24-5-2)27-16-12-19(13-17-27)18-10-7-6-8-11-18/h6-8,10-12H,4-5,9,13-17H2,1-3H3,(H,24,25)(H,26,30). The molecule has 3 rings (SSSR count). The van der Waals surface area contributed by atoms with Crippen molar-refractivity contribution in [2.24, 2.45) is 4.99 Å². The summed E-state index contributed by atoms with van der Waals surface area (Å²) in [6, 6.07) is 10.2. The van der Waals surface area contributed by atoms with Crippen molar-refractivity contribution in [3.63, 3.8) is 0 Å². The summed E-state index contributed by atoms with van der Waals surface area (Å²) in [5.41, 5.74) is 1.89. The van der Waals surface area contributed by atoms with Crippen LogP contribution in [0.3, 0.4) is 0 Å². The monoisotopic (exact) mass is 411 g/mol. The number of carbonyl (C=O) groups excluding carboxylic acids is 2. The van der Waals surface area contributed by atoms with Crippen LogP contribution < -0.4 is 10.6 Å². The molecule has 2 aliphatic rings. The molecule has 162 valence electrons. The number of aliphatic imine (C=N–C) groups is 1. The molecule has 0 aliphatic carbocycles. The lowest BCUT2D eigenvalue weighted by molar-refractivity contribution is -0.130. The van der Waals surface area contributed by atoms with Gasteiger partial charge in [-0.1, -0.05) is 43.3 Å². The van der Waals surface area contributed by atoms with Gasteiger partial charge in [-0.3, -0.25) is 14.7 Å². The van der Waals surface area contributed by atoms with Gasteiger partial charge in [-0.2, -0.15) is 0 Å². The lowest BCUT2D eigenvalue weighted by Crippen LogP contribution is -2.43. The van der Waals surface area contributed by atoms with E-state index in [1.807, 2.05) is 13.0 Å². The molecular formula is C23H33N5O2. The van der Waals surface area contributed by atoms with Crippen LogP contribution in [0.1, 0.15) is 45.6 Å². The third kappa shape index (κ3) is 4.83. The van der Waals surface area contributed by atoms with Crippen molar-refractivity contribution in [1.29, 1.82) is 0 Å². The Bertz CT molecular complexity index is 820. The van der Waals surface area contributed by atoms with Gasteiger partial charge in [0.15, 0.2) is 5.96 Å². The van der Waals surface area contributed by atoms with Gasteiger partial charge in [0, 0.05) is 32.7 Å². The maximum Gasteiger partial charge on any atom is 0.325 e. The number of nitrogens with zero attached hydrogens (tertiary/aromatic N) is 3. The van der Waals surface area contributed by atoms with E-state index < -0.39 is 5.54 Å². The number of hydrogen-bond donors (Lipinski definition) is 2. The van der Waals surface area contributed by atoms with Gasteiger partial charge in [0.2, 0.25) is 0 Å². The van der Waals surface area contributed by atoms with Crippen LogP contribution >= 0.6 is 0 Å². The Hall–Kier alpha value is -2.83. The molecule has 3 amide bonds. The minimum absolute atomic E-state index is 0.138. The molecule has 1 aromatic rings. The first-order chi connectivity index (χ1) is 14.5. The molecule has 1 aromatic carbocycles. The minimum atomic E-state index is -0.772. The van der Waals surface area contributed by atoms with E-state index >= 15 is 0 Å². The largest absolute Gasteiger partial charge is 0.357 e. The highest BCUT2D eigenvalue weighted by atomic mass is 16.2. The van der Waals surface area contributed by atoms with E-state index in [4.69, 9.17) is 4.99 Å². The molecule has 1 saturated heterocycles. The maximum atomic E-state index is 12.5. The van der Waals surface area contributed by atoms with Gasteiger partial charge in [-0.25, -0.2) is 4.79 Å². The van der Waals surface area contributed by atoms with Crippen LogP contribution in [0.4, 0.5) is 4.79 Å². The van der Waals surface area contributed by atoms with Crippen molar-refractivity contribution in [2.75, 3.05) is 32.7 Å². The Labute approximate surface area is 179 Å². The molecule has 2 N–H and O–H groups in total. The zero-order valence-electron chi connectivity index (χ0n) is 18.3. The summed E-state index contributed by atoms with van der Waals surface area (Å²) in [6.45, 7) is 9.23. The average Bonchev–Trinajstić information content (AvgIpc) is 2.99. The number of carbonyl (C=O) groups is 2. The second kappa shape index (κ2) is 9.78. The maximum absolute atomic E-state index is 12.5. The van der Waals surface area contributed by atoms with Crippen molar-refractivity contribution in [1.82, 2.24) is 20.4 Å². The number of urea groups is 1. The zero-order valence-corrected chi connectivity index (χ0v) is 18.3. The number of nitrogens with one attached hydrogen (secondary N) is 2. The summed E-state index contributed by atoms with van der Waals surface area (Å²) >= 11 is 0. The van der Waals surface area contributed by atoms with Crippen molar-refractivity contribution < 1.29 is 9.59 Å². The summed E-state index contributed by atoms with van der Waals surface area (Å²) < 4.78 is 0. The molecule has 0 saturated carbocycles. The smallest absolute Gasteiger partial charge is 0.325 e. The number of imide groups is 1. The molecule has 7 heteroatoms. The van der Waals surface area contributed by atoms with Gasteiger partial charge in [0.05, 0.1) is 0 Å². The van der Waals surface area contributed by atoms with Crippen LogP contribution in [0.25, 0.3) is 5.57 Å². The van der Waals surface area contributed by atoms with Crippen LogP contribution in [0.5, 0.6) is 0 Å². The van der Waals surface area contributed by atoms with Gasteiger partial charge in [0.25, 0.3) is 5.91 Å². The van der Waals surface area contributed by atoms with E-state index in [0.29, 0.717) is 25.9 Å². The van der Waals surface area contributed by atoms with E-state index in [1.54, 1.807) is 6.92 Å². The lowest BCUT2D eigenvalue weighted by Gasteiger charge is -2.30.